The Morgan fingerprint density at radius 3 is 2.94 bits per heavy atom. The van der Waals surface area contributed by atoms with Crippen LogP contribution in [0.2, 0.25) is 0 Å². The highest BCUT2D eigenvalue weighted by molar-refractivity contribution is 5.48. The van der Waals surface area contributed by atoms with Crippen LogP contribution in [0.4, 0.5) is 11.6 Å². The van der Waals surface area contributed by atoms with E-state index in [1.54, 1.807) is 0 Å². The smallest absolute Gasteiger partial charge is 0.134 e. The largest absolute Gasteiger partial charge is 0.376 e. The Morgan fingerprint density at radius 1 is 1.50 bits per heavy atom. The first-order valence-corrected chi connectivity index (χ1v) is 6.61. The average Bonchev–Trinajstić information content (AvgIpc) is 2.90. The highest BCUT2D eigenvalue weighted by Gasteiger charge is 2.18. The molecule has 5 heteroatoms. The molecule has 0 saturated carbocycles. The van der Waals surface area contributed by atoms with Crippen molar-refractivity contribution < 1.29 is 4.74 Å². The number of nitrogens with one attached hydrogen (secondary N) is 1. The fraction of sp³-hybridized carbons (Fsp3) is 0.692. The maximum atomic E-state index is 5.66. The highest BCUT2D eigenvalue weighted by atomic mass is 16.5. The summed E-state index contributed by atoms with van der Waals surface area (Å²) in [4.78, 5) is 11.1. The van der Waals surface area contributed by atoms with Gasteiger partial charge in [-0.15, -0.1) is 0 Å². The van der Waals surface area contributed by atoms with Crippen LogP contribution >= 0.6 is 0 Å². The summed E-state index contributed by atoms with van der Waals surface area (Å²) in [6.07, 6.45) is 3.50. The van der Waals surface area contributed by atoms with Crippen molar-refractivity contribution in [2.75, 3.05) is 37.5 Å². The Kier molecular flexibility index (Phi) is 4.36. The number of likely N-dealkylation sites (N-methyl/N-ethyl adjacent to an activating group) is 1. The fourth-order valence-electron chi connectivity index (χ4n) is 2.15. The Hall–Kier alpha value is -1.36. The van der Waals surface area contributed by atoms with E-state index in [9.17, 15) is 0 Å². The second kappa shape index (κ2) is 6.00. The van der Waals surface area contributed by atoms with Crippen molar-refractivity contribution in [3.63, 3.8) is 0 Å². The third-order valence-corrected chi connectivity index (χ3v) is 3.22. The van der Waals surface area contributed by atoms with Gasteiger partial charge in [-0.3, -0.25) is 0 Å². The van der Waals surface area contributed by atoms with Crippen molar-refractivity contribution in [3.05, 3.63) is 11.9 Å². The van der Waals surface area contributed by atoms with Gasteiger partial charge in [0.1, 0.15) is 17.5 Å². The minimum Gasteiger partial charge on any atom is -0.376 e. The van der Waals surface area contributed by atoms with E-state index >= 15 is 0 Å². The summed E-state index contributed by atoms with van der Waals surface area (Å²) >= 11 is 0. The van der Waals surface area contributed by atoms with Crippen molar-refractivity contribution >= 4 is 11.6 Å². The van der Waals surface area contributed by atoms with Gasteiger partial charge >= 0.3 is 0 Å². The van der Waals surface area contributed by atoms with Crippen LogP contribution in [0.25, 0.3) is 0 Å². The van der Waals surface area contributed by atoms with Crippen molar-refractivity contribution in [3.8, 4) is 0 Å². The van der Waals surface area contributed by atoms with Crippen LogP contribution in [0, 0.1) is 0 Å². The Morgan fingerprint density at radius 2 is 2.33 bits per heavy atom. The van der Waals surface area contributed by atoms with E-state index in [4.69, 9.17) is 4.74 Å². The molecule has 5 nitrogen and oxygen atoms in total. The van der Waals surface area contributed by atoms with E-state index in [2.05, 4.69) is 34.2 Å². The molecule has 0 aliphatic carbocycles. The number of hydrogen-bond acceptors (Lipinski definition) is 5. The molecule has 2 heterocycles. The van der Waals surface area contributed by atoms with Gasteiger partial charge in [0, 0.05) is 39.7 Å². The lowest BCUT2D eigenvalue weighted by atomic mass is 10.2. The zero-order valence-corrected chi connectivity index (χ0v) is 11.4. The third-order valence-electron chi connectivity index (χ3n) is 3.22. The molecule has 2 rings (SSSR count). The fourth-order valence-corrected chi connectivity index (χ4v) is 2.15. The molecular formula is C13H22N4O. The van der Waals surface area contributed by atoms with Crippen LogP contribution in [-0.2, 0) is 11.2 Å². The van der Waals surface area contributed by atoms with Crippen LogP contribution < -0.4 is 10.2 Å². The number of rotatable bonds is 5. The van der Waals surface area contributed by atoms with Crippen molar-refractivity contribution in [2.45, 2.75) is 32.3 Å². The molecule has 1 aliphatic rings. The van der Waals surface area contributed by atoms with Crippen LogP contribution in [-0.4, -0.2) is 43.3 Å². The van der Waals surface area contributed by atoms with Gasteiger partial charge in [-0.25, -0.2) is 9.97 Å². The molecule has 1 atom stereocenters. The van der Waals surface area contributed by atoms with Crippen LogP contribution in [0.5, 0.6) is 0 Å². The number of aromatic nitrogens is 2. The maximum Gasteiger partial charge on any atom is 0.134 e. The number of nitrogens with zero attached hydrogens (tertiary/aromatic N) is 3. The summed E-state index contributed by atoms with van der Waals surface area (Å²) < 4.78 is 5.66. The molecule has 1 aliphatic heterocycles. The molecule has 1 unspecified atom stereocenters. The van der Waals surface area contributed by atoms with Gasteiger partial charge in [0.25, 0.3) is 0 Å². The number of anilines is 2. The summed E-state index contributed by atoms with van der Waals surface area (Å²) in [5.41, 5.74) is 0. The predicted molar refractivity (Wildman–Crippen MR) is 73.2 cm³/mol. The molecule has 1 saturated heterocycles. The van der Waals surface area contributed by atoms with Gasteiger partial charge in [-0.1, -0.05) is 6.92 Å². The van der Waals surface area contributed by atoms with E-state index in [1.807, 2.05) is 13.1 Å². The first kappa shape index (κ1) is 13.1. The van der Waals surface area contributed by atoms with E-state index < -0.39 is 0 Å². The Labute approximate surface area is 109 Å². The van der Waals surface area contributed by atoms with Crippen LogP contribution in [0.3, 0.4) is 0 Å². The quantitative estimate of drug-likeness (QED) is 0.862. The Bertz CT molecular complexity index is 368. The molecule has 1 aromatic heterocycles. The lowest BCUT2D eigenvalue weighted by molar-refractivity contribution is 0.116. The number of ether oxygens (including phenoxy) is 1. The van der Waals surface area contributed by atoms with Crippen LogP contribution in [0.15, 0.2) is 6.07 Å². The van der Waals surface area contributed by atoms with E-state index in [-0.39, 0.29) is 0 Å². The van der Waals surface area contributed by atoms with E-state index in [0.29, 0.717) is 6.10 Å². The van der Waals surface area contributed by atoms with Crippen LogP contribution in [0.1, 0.15) is 25.6 Å². The predicted octanol–water partition coefficient (Wildman–Crippen LogP) is 1.70. The van der Waals surface area contributed by atoms with E-state index in [1.165, 1.54) is 6.42 Å². The number of aryl methyl sites for hydroxylation is 1. The van der Waals surface area contributed by atoms with Gasteiger partial charge in [-0.05, 0) is 12.8 Å². The summed E-state index contributed by atoms with van der Waals surface area (Å²) in [6.45, 7) is 3.85. The van der Waals surface area contributed by atoms with Gasteiger partial charge in [0.05, 0.1) is 6.10 Å². The molecule has 0 aromatic carbocycles. The topological polar surface area (TPSA) is 50.3 Å². The van der Waals surface area contributed by atoms with Gasteiger partial charge in [0.15, 0.2) is 0 Å². The zero-order chi connectivity index (χ0) is 13.0. The standard InChI is InChI=1S/C13H22N4O/c1-4-11-15-12(14-2)8-13(16-11)17(3)9-10-6-5-7-18-10/h8,10H,4-7,9H2,1-3H3,(H,14,15,16). The zero-order valence-electron chi connectivity index (χ0n) is 11.4. The normalized spacial score (nSPS) is 18.9. The molecule has 18 heavy (non-hydrogen) atoms. The lowest BCUT2D eigenvalue weighted by Crippen LogP contribution is -2.29. The first-order chi connectivity index (χ1) is 8.72. The first-order valence-electron chi connectivity index (χ1n) is 6.61. The summed E-state index contributed by atoms with van der Waals surface area (Å²) in [5, 5.41) is 3.08. The Balaban J connectivity index is 2.09. The summed E-state index contributed by atoms with van der Waals surface area (Å²) in [6, 6.07) is 1.98. The SMILES string of the molecule is CCc1nc(NC)cc(N(C)CC2CCCO2)n1. The molecule has 0 spiro atoms. The molecule has 0 bridgehead atoms. The molecule has 0 amide bonds. The second-order valence-electron chi connectivity index (χ2n) is 4.65. The molecule has 1 N–H and O–H groups in total. The summed E-state index contributed by atoms with van der Waals surface area (Å²) in [7, 11) is 3.94. The lowest BCUT2D eigenvalue weighted by Gasteiger charge is -2.22. The monoisotopic (exact) mass is 250 g/mol. The summed E-state index contributed by atoms with van der Waals surface area (Å²) in [5.74, 6) is 2.70. The second-order valence-corrected chi connectivity index (χ2v) is 4.65. The van der Waals surface area contributed by atoms with Gasteiger partial charge < -0.3 is 15.0 Å². The average molecular weight is 250 g/mol. The maximum absolute atomic E-state index is 5.66. The highest BCUT2D eigenvalue weighted by Crippen LogP contribution is 2.18. The van der Waals surface area contributed by atoms with Crippen molar-refractivity contribution in [1.29, 1.82) is 0 Å². The third kappa shape index (κ3) is 3.10. The molecular weight excluding hydrogens is 228 g/mol. The molecule has 0 radical (unpaired) electrons. The van der Waals surface area contributed by atoms with E-state index in [0.717, 1.165) is 43.5 Å². The minimum absolute atomic E-state index is 0.341. The minimum atomic E-state index is 0.341. The number of hydrogen-bond donors (Lipinski definition) is 1. The molecule has 100 valence electrons. The van der Waals surface area contributed by atoms with Gasteiger partial charge in [-0.2, -0.15) is 0 Å². The molecule has 1 aromatic rings. The molecule has 1 fully saturated rings. The van der Waals surface area contributed by atoms with Gasteiger partial charge in [0.2, 0.25) is 0 Å². The van der Waals surface area contributed by atoms with Crippen molar-refractivity contribution in [1.82, 2.24) is 9.97 Å². The van der Waals surface area contributed by atoms with Crippen molar-refractivity contribution in [2.24, 2.45) is 0 Å².